The molecule has 1 unspecified atom stereocenters. The van der Waals surface area contributed by atoms with E-state index >= 15 is 0 Å². The lowest BCUT2D eigenvalue weighted by Gasteiger charge is -2.34. The maximum atomic E-state index is 14.6. The van der Waals surface area contributed by atoms with Crippen LogP contribution in [0, 0.1) is 15.9 Å². The van der Waals surface area contributed by atoms with Gasteiger partial charge in [0.05, 0.1) is 17.6 Å². The number of carbonyl (C=O) groups excluding carboxylic acids is 1. The highest BCUT2D eigenvalue weighted by atomic mass is 19.1. The Balaban J connectivity index is 1.38. The average molecular weight is 466 g/mol. The lowest BCUT2D eigenvalue weighted by atomic mass is 10.0. The molecule has 1 amide bonds. The molecule has 3 aromatic rings. The van der Waals surface area contributed by atoms with Crippen molar-refractivity contribution in [1.82, 2.24) is 9.88 Å². The first-order valence-corrected chi connectivity index (χ1v) is 10.7. The van der Waals surface area contributed by atoms with Gasteiger partial charge in [0.2, 0.25) is 5.91 Å². The Labute approximate surface area is 195 Å². The van der Waals surface area contributed by atoms with Crippen molar-refractivity contribution < 1.29 is 23.6 Å². The number of morpholine rings is 1. The van der Waals surface area contributed by atoms with Gasteiger partial charge in [0.25, 0.3) is 5.69 Å². The lowest BCUT2D eigenvalue weighted by Crippen LogP contribution is -2.50. The summed E-state index contributed by atoms with van der Waals surface area (Å²) in [7, 11) is 0. The summed E-state index contributed by atoms with van der Waals surface area (Å²) >= 11 is 0. The van der Waals surface area contributed by atoms with Gasteiger partial charge in [-0.1, -0.05) is 12.1 Å². The highest BCUT2D eigenvalue weighted by molar-refractivity contribution is 5.78. The molecule has 9 nitrogen and oxygen atoms in total. The molecule has 1 atom stereocenters. The molecule has 0 saturated carbocycles. The Hall–Kier alpha value is -4.05. The summed E-state index contributed by atoms with van der Waals surface area (Å²) in [4.78, 5) is 27.9. The number of nitro groups is 1. The number of rotatable bonds is 8. The van der Waals surface area contributed by atoms with E-state index in [1.165, 1.54) is 24.3 Å². The smallest absolute Gasteiger partial charge is 0.287 e. The maximum absolute atomic E-state index is 14.6. The first-order chi connectivity index (χ1) is 16.4. The fraction of sp³-hybridized carbons (Fsp3) is 0.250. The SMILES string of the molecule is CCN1C(=O)COCC1Cc1ccc(Oc2ccc(Nc3ccc([N+](=O)[O-])cn3)cc2F)cc1. The van der Waals surface area contributed by atoms with Crippen molar-refractivity contribution in [2.24, 2.45) is 0 Å². The zero-order chi connectivity index (χ0) is 24.1. The number of hydrogen-bond donors (Lipinski definition) is 1. The van der Waals surface area contributed by atoms with Crippen LogP contribution in [0.3, 0.4) is 0 Å². The van der Waals surface area contributed by atoms with Gasteiger partial charge >= 0.3 is 0 Å². The molecule has 1 aliphatic rings. The third-order valence-corrected chi connectivity index (χ3v) is 5.42. The summed E-state index contributed by atoms with van der Waals surface area (Å²) in [6, 6.07) is 14.4. The Kier molecular flexibility index (Phi) is 6.98. The van der Waals surface area contributed by atoms with Crippen molar-refractivity contribution in [2.45, 2.75) is 19.4 Å². The van der Waals surface area contributed by atoms with E-state index in [1.54, 1.807) is 18.2 Å². The van der Waals surface area contributed by atoms with Crippen LogP contribution >= 0.6 is 0 Å². The van der Waals surface area contributed by atoms with Crippen LogP contribution in [-0.2, 0) is 16.0 Å². The molecule has 1 saturated heterocycles. The van der Waals surface area contributed by atoms with E-state index in [1.807, 2.05) is 24.0 Å². The van der Waals surface area contributed by atoms with Gasteiger partial charge < -0.3 is 19.7 Å². The number of benzene rings is 2. The van der Waals surface area contributed by atoms with Gasteiger partial charge in [-0.2, -0.15) is 0 Å². The average Bonchev–Trinajstić information content (AvgIpc) is 2.82. The summed E-state index contributed by atoms with van der Waals surface area (Å²) in [5.41, 5.74) is 1.31. The third kappa shape index (κ3) is 5.46. The number of likely N-dealkylation sites (N-methyl/N-ethyl adjacent to an activating group) is 1. The van der Waals surface area contributed by atoms with Gasteiger partial charge in [-0.25, -0.2) is 9.37 Å². The van der Waals surface area contributed by atoms with Crippen molar-refractivity contribution in [3.05, 3.63) is 82.3 Å². The number of pyridine rings is 1. The second-order valence-corrected chi connectivity index (χ2v) is 7.73. The fourth-order valence-corrected chi connectivity index (χ4v) is 3.73. The standard InChI is InChI=1S/C24H23FN4O5/c1-2-28-19(14-33-15-24(28)30)11-16-3-7-20(8-4-16)34-22-9-5-17(12-21(22)25)27-23-10-6-18(13-26-23)29(31)32/h3-10,12-13,19H,2,11,14-15H2,1H3,(H,26,27). The molecular formula is C24H23FN4O5. The van der Waals surface area contributed by atoms with Gasteiger partial charge in [0.1, 0.15) is 24.4 Å². The number of carbonyl (C=O) groups is 1. The zero-order valence-corrected chi connectivity index (χ0v) is 18.4. The number of nitrogens with one attached hydrogen (secondary N) is 1. The van der Waals surface area contributed by atoms with Crippen LogP contribution in [0.1, 0.15) is 12.5 Å². The normalized spacial score (nSPS) is 15.8. The highest BCUT2D eigenvalue weighted by Crippen LogP contribution is 2.28. The van der Waals surface area contributed by atoms with Crippen LogP contribution in [0.5, 0.6) is 11.5 Å². The Morgan fingerprint density at radius 1 is 1.24 bits per heavy atom. The summed E-state index contributed by atoms with van der Waals surface area (Å²) in [6.07, 6.45) is 1.78. The molecular weight excluding hydrogens is 443 g/mol. The van der Waals surface area contributed by atoms with Gasteiger partial charge in [-0.15, -0.1) is 0 Å². The van der Waals surface area contributed by atoms with Crippen LogP contribution < -0.4 is 10.1 Å². The number of anilines is 2. The van der Waals surface area contributed by atoms with Crippen molar-refractivity contribution in [3.8, 4) is 11.5 Å². The Bertz CT molecular complexity index is 1170. The van der Waals surface area contributed by atoms with E-state index in [0.717, 1.165) is 11.8 Å². The largest absolute Gasteiger partial charge is 0.454 e. The molecule has 1 aromatic heterocycles. The maximum Gasteiger partial charge on any atom is 0.287 e. The first kappa shape index (κ1) is 23.1. The van der Waals surface area contributed by atoms with E-state index in [2.05, 4.69) is 10.3 Å². The molecule has 10 heteroatoms. The van der Waals surface area contributed by atoms with Crippen LogP contribution in [-0.4, -0.2) is 46.5 Å². The van der Waals surface area contributed by atoms with Gasteiger partial charge in [0.15, 0.2) is 11.6 Å². The van der Waals surface area contributed by atoms with Gasteiger partial charge in [-0.05, 0) is 49.2 Å². The van der Waals surface area contributed by atoms with Crippen LogP contribution in [0.25, 0.3) is 0 Å². The second-order valence-electron chi connectivity index (χ2n) is 7.73. The van der Waals surface area contributed by atoms with E-state index in [0.29, 0.717) is 36.8 Å². The van der Waals surface area contributed by atoms with E-state index in [9.17, 15) is 19.3 Å². The van der Waals surface area contributed by atoms with Crippen molar-refractivity contribution in [1.29, 1.82) is 0 Å². The minimum absolute atomic E-state index is 0.00326. The fourth-order valence-electron chi connectivity index (χ4n) is 3.73. The first-order valence-electron chi connectivity index (χ1n) is 10.7. The predicted octanol–water partition coefficient (Wildman–Crippen LogP) is 4.45. The van der Waals surface area contributed by atoms with Crippen LogP contribution in [0.2, 0.25) is 0 Å². The highest BCUT2D eigenvalue weighted by Gasteiger charge is 2.27. The van der Waals surface area contributed by atoms with E-state index < -0.39 is 10.7 Å². The lowest BCUT2D eigenvalue weighted by molar-refractivity contribution is -0.385. The zero-order valence-electron chi connectivity index (χ0n) is 18.4. The minimum atomic E-state index is -0.576. The number of aromatic nitrogens is 1. The van der Waals surface area contributed by atoms with Crippen molar-refractivity contribution >= 4 is 23.1 Å². The molecule has 0 aliphatic carbocycles. The molecule has 34 heavy (non-hydrogen) atoms. The third-order valence-electron chi connectivity index (χ3n) is 5.42. The van der Waals surface area contributed by atoms with Crippen molar-refractivity contribution in [3.63, 3.8) is 0 Å². The molecule has 1 fully saturated rings. The van der Waals surface area contributed by atoms with Crippen LogP contribution in [0.4, 0.5) is 21.6 Å². The molecule has 1 N–H and O–H groups in total. The number of halogens is 1. The predicted molar refractivity (Wildman–Crippen MR) is 123 cm³/mol. The van der Waals surface area contributed by atoms with Crippen molar-refractivity contribution in [2.75, 3.05) is 25.1 Å². The molecule has 176 valence electrons. The second kappa shape index (κ2) is 10.3. The van der Waals surface area contributed by atoms with E-state index in [-0.39, 0.29) is 30.0 Å². The van der Waals surface area contributed by atoms with E-state index in [4.69, 9.17) is 9.47 Å². The summed E-state index contributed by atoms with van der Waals surface area (Å²) in [6.45, 7) is 3.21. The monoisotopic (exact) mass is 466 g/mol. The quantitative estimate of drug-likeness (QED) is 0.386. The summed E-state index contributed by atoms with van der Waals surface area (Å²) in [5.74, 6) is 0.298. The molecule has 2 aromatic carbocycles. The molecule has 1 aliphatic heterocycles. The molecule has 0 spiro atoms. The molecule has 2 heterocycles. The van der Waals surface area contributed by atoms with Gasteiger partial charge in [0, 0.05) is 24.4 Å². The van der Waals surface area contributed by atoms with Crippen LogP contribution in [0.15, 0.2) is 60.8 Å². The Morgan fingerprint density at radius 2 is 2.03 bits per heavy atom. The molecule has 0 radical (unpaired) electrons. The number of amides is 1. The number of ether oxygens (including phenoxy) is 2. The minimum Gasteiger partial charge on any atom is -0.454 e. The van der Waals surface area contributed by atoms with Gasteiger partial charge in [-0.3, -0.25) is 14.9 Å². The topological polar surface area (TPSA) is 107 Å². The summed E-state index contributed by atoms with van der Waals surface area (Å²) < 4.78 is 25.7. The Morgan fingerprint density at radius 3 is 2.68 bits per heavy atom. The molecule has 4 rings (SSSR count). The summed E-state index contributed by atoms with van der Waals surface area (Å²) in [5, 5.41) is 13.6. The number of nitrogens with zero attached hydrogens (tertiary/aromatic N) is 3. The number of hydrogen-bond acceptors (Lipinski definition) is 7. The molecule has 0 bridgehead atoms.